The molecule has 0 bridgehead atoms. The highest BCUT2D eigenvalue weighted by Crippen LogP contribution is 2.03. The van der Waals surface area contributed by atoms with Gasteiger partial charge < -0.3 is 0 Å². The highest BCUT2D eigenvalue weighted by atomic mass is 28.3. The summed E-state index contributed by atoms with van der Waals surface area (Å²) in [5.74, 6) is 0.920. The number of rotatable bonds is 2. The molecule has 0 aromatic carbocycles. The van der Waals surface area contributed by atoms with Crippen LogP contribution in [0.2, 0.25) is 19.1 Å². The van der Waals surface area contributed by atoms with Gasteiger partial charge in [-0.25, -0.2) is 0 Å². The Bertz CT molecular complexity index is 33.4. The molecule has 0 aliphatic heterocycles. The van der Waals surface area contributed by atoms with Crippen molar-refractivity contribution in [3.8, 4) is 0 Å². The summed E-state index contributed by atoms with van der Waals surface area (Å²) in [4.78, 5) is 0. The van der Waals surface area contributed by atoms with E-state index in [1.54, 1.807) is 0 Å². The van der Waals surface area contributed by atoms with E-state index >= 15 is 0 Å². The summed E-state index contributed by atoms with van der Waals surface area (Å²) in [5, 5.41) is 0. The van der Waals surface area contributed by atoms with Crippen molar-refractivity contribution < 1.29 is 0 Å². The first kappa shape index (κ1) is 7.22. The predicted octanol–water partition coefficient (Wildman–Crippen LogP) is 2.40. The summed E-state index contributed by atoms with van der Waals surface area (Å²) in [7, 11) is 0.0658. The molecule has 0 atom stereocenters. The van der Waals surface area contributed by atoms with Crippen molar-refractivity contribution in [3.05, 3.63) is 0 Å². The number of hydrogen-bond acceptors (Lipinski definition) is 0. The van der Waals surface area contributed by atoms with E-state index in [1.165, 1.54) is 6.04 Å². The van der Waals surface area contributed by atoms with Crippen LogP contribution in [0, 0.1) is 5.92 Å². The zero-order valence-electron chi connectivity index (χ0n) is 5.78. The molecule has 0 fully saturated rings. The molecule has 0 aliphatic carbocycles. The second-order valence-electron chi connectivity index (χ2n) is 2.81. The Morgan fingerprint density at radius 2 is 1.71 bits per heavy atom. The molecule has 0 unspecified atom stereocenters. The molecular formula is C6H15Si. The van der Waals surface area contributed by atoms with Crippen LogP contribution < -0.4 is 0 Å². The summed E-state index contributed by atoms with van der Waals surface area (Å²) in [6.07, 6.45) is 0. The smallest absolute Gasteiger partial charge is 0.0415 e. The molecule has 0 nitrogen and oxygen atoms in total. The van der Waals surface area contributed by atoms with Crippen molar-refractivity contribution in [2.45, 2.75) is 33.0 Å². The third-order valence-electron chi connectivity index (χ3n) is 0.816. The maximum absolute atomic E-state index is 2.37. The van der Waals surface area contributed by atoms with Crippen molar-refractivity contribution in [1.29, 1.82) is 0 Å². The minimum Gasteiger partial charge on any atom is -0.0713 e. The molecule has 0 amide bonds. The predicted molar refractivity (Wildman–Crippen MR) is 37.1 cm³/mol. The largest absolute Gasteiger partial charge is 0.0713 e. The number of hydrogen-bond donors (Lipinski definition) is 0. The van der Waals surface area contributed by atoms with E-state index in [0.717, 1.165) is 5.92 Å². The Kier molecular flexibility index (Phi) is 3.35. The van der Waals surface area contributed by atoms with Gasteiger partial charge in [0.15, 0.2) is 0 Å². The lowest BCUT2D eigenvalue weighted by molar-refractivity contribution is 0.727. The molecule has 1 radical (unpaired) electrons. The monoisotopic (exact) mass is 115 g/mol. The van der Waals surface area contributed by atoms with Gasteiger partial charge in [0.25, 0.3) is 0 Å². The van der Waals surface area contributed by atoms with Crippen LogP contribution in [-0.4, -0.2) is 8.80 Å². The van der Waals surface area contributed by atoms with Crippen molar-refractivity contribution >= 4 is 8.80 Å². The van der Waals surface area contributed by atoms with Crippen molar-refractivity contribution in [2.75, 3.05) is 0 Å². The lowest BCUT2D eigenvalue weighted by Crippen LogP contribution is -2.02. The molecule has 0 N–H and O–H groups in total. The minimum absolute atomic E-state index is 0.0658. The maximum Gasteiger partial charge on any atom is 0.0415 e. The molecule has 1 heteroatoms. The van der Waals surface area contributed by atoms with Crippen molar-refractivity contribution in [3.63, 3.8) is 0 Å². The Labute approximate surface area is 48.5 Å². The second kappa shape index (κ2) is 3.25. The Morgan fingerprint density at radius 3 is 1.71 bits per heavy atom. The lowest BCUT2D eigenvalue weighted by atomic mass is 10.3. The highest BCUT2D eigenvalue weighted by molar-refractivity contribution is 6.55. The van der Waals surface area contributed by atoms with E-state index in [4.69, 9.17) is 0 Å². The van der Waals surface area contributed by atoms with Gasteiger partial charge in [-0.3, -0.25) is 0 Å². The van der Waals surface area contributed by atoms with Crippen LogP contribution >= 0.6 is 0 Å². The molecule has 0 aliphatic rings. The molecule has 0 rings (SSSR count). The first-order valence-corrected chi connectivity index (χ1v) is 5.62. The summed E-state index contributed by atoms with van der Waals surface area (Å²) < 4.78 is 0. The molecule has 0 heterocycles. The molecule has 0 saturated heterocycles. The summed E-state index contributed by atoms with van der Waals surface area (Å²) in [6, 6.07) is 1.46. The van der Waals surface area contributed by atoms with Gasteiger partial charge in [0.2, 0.25) is 0 Å². The van der Waals surface area contributed by atoms with E-state index in [9.17, 15) is 0 Å². The first-order chi connectivity index (χ1) is 3.13. The molecule has 0 aromatic heterocycles. The van der Waals surface area contributed by atoms with Gasteiger partial charge in [0.1, 0.15) is 0 Å². The average molecular weight is 115 g/mol. The summed E-state index contributed by atoms with van der Waals surface area (Å²) in [6.45, 7) is 9.31. The van der Waals surface area contributed by atoms with Crippen LogP contribution in [-0.2, 0) is 0 Å². The molecule has 7 heavy (non-hydrogen) atoms. The molecule has 43 valence electrons. The zero-order chi connectivity index (χ0) is 5.86. The van der Waals surface area contributed by atoms with Gasteiger partial charge in [-0.15, -0.1) is 0 Å². The third kappa shape index (κ3) is 6.22. The van der Waals surface area contributed by atoms with E-state index in [1.807, 2.05) is 0 Å². The molecule has 0 aromatic rings. The average Bonchev–Trinajstić information content (AvgIpc) is 1.27. The van der Waals surface area contributed by atoms with Crippen LogP contribution in [0.3, 0.4) is 0 Å². The molecule has 0 spiro atoms. The van der Waals surface area contributed by atoms with Gasteiger partial charge >= 0.3 is 0 Å². The topological polar surface area (TPSA) is 0 Å². The van der Waals surface area contributed by atoms with Crippen LogP contribution in [0.25, 0.3) is 0 Å². The maximum atomic E-state index is 2.37. The first-order valence-electron chi connectivity index (χ1n) is 2.92. The van der Waals surface area contributed by atoms with E-state index < -0.39 is 0 Å². The van der Waals surface area contributed by atoms with E-state index in [2.05, 4.69) is 26.9 Å². The fourth-order valence-electron chi connectivity index (χ4n) is 0.816. The van der Waals surface area contributed by atoms with Crippen molar-refractivity contribution in [2.24, 2.45) is 5.92 Å². The van der Waals surface area contributed by atoms with Gasteiger partial charge in [-0.05, 0) is 5.92 Å². The van der Waals surface area contributed by atoms with Crippen LogP contribution in [0.15, 0.2) is 0 Å². The highest BCUT2D eigenvalue weighted by Gasteiger charge is 1.97. The van der Waals surface area contributed by atoms with E-state index in [0.29, 0.717) is 0 Å². The van der Waals surface area contributed by atoms with Gasteiger partial charge in [-0.2, -0.15) is 0 Å². The Hall–Kier alpha value is 0.217. The Morgan fingerprint density at radius 1 is 1.29 bits per heavy atom. The zero-order valence-corrected chi connectivity index (χ0v) is 6.78. The van der Waals surface area contributed by atoms with Crippen LogP contribution in [0.5, 0.6) is 0 Å². The minimum atomic E-state index is 0.0658. The van der Waals surface area contributed by atoms with Crippen LogP contribution in [0.4, 0.5) is 0 Å². The lowest BCUT2D eigenvalue weighted by Gasteiger charge is -2.03. The normalized spacial score (nSPS) is 11.1. The quantitative estimate of drug-likeness (QED) is 0.485. The standard InChI is InChI=1S/C6H15Si/c1-6(2)5-7(3)4/h6H,5H2,1-4H3. The van der Waals surface area contributed by atoms with Crippen LogP contribution in [0.1, 0.15) is 13.8 Å². The molecule has 0 saturated carbocycles. The Balaban J connectivity index is 2.95. The third-order valence-corrected chi connectivity index (χ3v) is 2.45. The van der Waals surface area contributed by atoms with Gasteiger partial charge in [0, 0.05) is 8.80 Å². The van der Waals surface area contributed by atoms with Crippen molar-refractivity contribution in [1.82, 2.24) is 0 Å². The SMILES string of the molecule is CC(C)C[Si](C)C. The molecular weight excluding hydrogens is 100 g/mol. The second-order valence-corrected chi connectivity index (χ2v) is 5.63. The summed E-state index contributed by atoms with van der Waals surface area (Å²) in [5.41, 5.74) is 0. The fourth-order valence-corrected chi connectivity index (χ4v) is 2.45. The summed E-state index contributed by atoms with van der Waals surface area (Å²) >= 11 is 0. The van der Waals surface area contributed by atoms with Gasteiger partial charge in [-0.1, -0.05) is 33.0 Å². The van der Waals surface area contributed by atoms with Gasteiger partial charge in [0.05, 0.1) is 0 Å². The fraction of sp³-hybridized carbons (Fsp3) is 1.00. The van der Waals surface area contributed by atoms with E-state index in [-0.39, 0.29) is 8.80 Å².